The van der Waals surface area contributed by atoms with Gasteiger partial charge in [-0.2, -0.15) is 0 Å². The van der Waals surface area contributed by atoms with Crippen molar-refractivity contribution < 1.29 is 14.3 Å². The van der Waals surface area contributed by atoms with Crippen LogP contribution < -0.4 is 14.8 Å². The Kier molecular flexibility index (Phi) is 4.82. The zero-order valence-corrected chi connectivity index (χ0v) is 12.5. The smallest absolute Gasteiger partial charge is 0.255 e. The molecule has 0 heterocycles. The van der Waals surface area contributed by atoms with Crippen LogP contribution in [0.4, 0.5) is 5.69 Å². The average Bonchev–Trinajstić information content (AvgIpc) is 2.54. The van der Waals surface area contributed by atoms with Gasteiger partial charge in [-0.3, -0.25) is 4.79 Å². The van der Waals surface area contributed by atoms with Crippen LogP contribution in [0.1, 0.15) is 22.8 Å². The number of carbonyl (C=O) groups is 1. The molecule has 0 fully saturated rings. The number of ether oxygens (including phenoxy) is 2. The van der Waals surface area contributed by atoms with Crippen molar-refractivity contribution in [3.63, 3.8) is 0 Å². The number of nitrogens with one attached hydrogen (secondary N) is 1. The lowest BCUT2D eigenvalue weighted by Crippen LogP contribution is -2.12. The molecule has 2 aromatic rings. The molecule has 110 valence electrons. The second kappa shape index (κ2) is 6.79. The van der Waals surface area contributed by atoms with Gasteiger partial charge in [-0.05, 0) is 24.1 Å². The van der Waals surface area contributed by atoms with E-state index in [1.807, 2.05) is 24.3 Å². The number of anilines is 1. The molecule has 4 nitrogen and oxygen atoms in total. The van der Waals surface area contributed by atoms with Crippen molar-refractivity contribution in [3.05, 3.63) is 53.6 Å². The number of aryl methyl sites for hydroxylation is 1. The molecule has 4 heteroatoms. The predicted octanol–water partition coefficient (Wildman–Crippen LogP) is 3.52. The van der Waals surface area contributed by atoms with Gasteiger partial charge in [0.1, 0.15) is 11.5 Å². The summed E-state index contributed by atoms with van der Waals surface area (Å²) in [6, 6.07) is 12.8. The summed E-state index contributed by atoms with van der Waals surface area (Å²) in [6.07, 6.45) is 0.953. The van der Waals surface area contributed by atoms with Crippen LogP contribution in [0.5, 0.6) is 11.5 Å². The molecule has 1 N–H and O–H groups in total. The first-order chi connectivity index (χ1) is 10.2. The Hall–Kier alpha value is -2.49. The molecular weight excluding hydrogens is 266 g/mol. The molecular formula is C17H19NO3. The monoisotopic (exact) mass is 285 g/mol. The average molecular weight is 285 g/mol. The fourth-order valence-corrected chi connectivity index (χ4v) is 1.97. The Balaban J connectivity index is 2.18. The number of rotatable bonds is 5. The highest BCUT2D eigenvalue weighted by atomic mass is 16.5. The van der Waals surface area contributed by atoms with E-state index in [9.17, 15) is 4.79 Å². The maximum Gasteiger partial charge on any atom is 0.255 e. The van der Waals surface area contributed by atoms with Crippen molar-refractivity contribution >= 4 is 11.6 Å². The molecule has 0 aliphatic carbocycles. The van der Waals surface area contributed by atoms with Gasteiger partial charge in [-0.25, -0.2) is 0 Å². The van der Waals surface area contributed by atoms with E-state index in [0.29, 0.717) is 22.7 Å². The van der Waals surface area contributed by atoms with Gasteiger partial charge < -0.3 is 14.8 Å². The van der Waals surface area contributed by atoms with Crippen molar-refractivity contribution in [2.45, 2.75) is 13.3 Å². The molecule has 0 aliphatic heterocycles. The van der Waals surface area contributed by atoms with Gasteiger partial charge in [0.25, 0.3) is 5.91 Å². The normalized spacial score (nSPS) is 10.0. The van der Waals surface area contributed by atoms with Crippen LogP contribution in [-0.2, 0) is 6.42 Å². The van der Waals surface area contributed by atoms with Gasteiger partial charge in [0.2, 0.25) is 0 Å². The third-order valence-electron chi connectivity index (χ3n) is 3.23. The fourth-order valence-electron chi connectivity index (χ4n) is 1.97. The molecule has 0 saturated carbocycles. The topological polar surface area (TPSA) is 47.6 Å². The summed E-state index contributed by atoms with van der Waals surface area (Å²) in [7, 11) is 3.15. The lowest BCUT2D eigenvalue weighted by molar-refractivity contribution is 0.102. The third-order valence-corrected chi connectivity index (χ3v) is 3.23. The minimum absolute atomic E-state index is 0.159. The maximum absolute atomic E-state index is 12.2. The molecule has 2 aromatic carbocycles. The van der Waals surface area contributed by atoms with Gasteiger partial charge in [-0.1, -0.05) is 19.1 Å². The standard InChI is InChI=1S/C17H19NO3/c1-4-12-5-7-13(8-6-12)17(19)18-14-9-15(20-2)11-16(10-14)21-3/h5-11H,4H2,1-3H3,(H,18,19). The Bertz CT molecular complexity index is 598. The SMILES string of the molecule is CCc1ccc(C(=O)Nc2cc(OC)cc(OC)c2)cc1. The van der Waals surface area contributed by atoms with Crippen LogP contribution in [0, 0.1) is 0 Å². The quantitative estimate of drug-likeness (QED) is 0.914. The van der Waals surface area contributed by atoms with Crippen LogP contribution in [0.2, 0.25) is 0 Å². The summed E-state index contributed by atoms with van der Waals surface area (Å²) in [5.74, 6) is 1.10. The minimum Gasteiger partial charge on any atom is -0.497 e. The van der Waals surface area contributed by atoms with Crippen LogP contribution in [0.25, 0.3) is 0 Å². The summed E-state index contributed by atoms with van der Waals surface area (Å²) in [5.41, 5.74) is 2.46. The van der Waals surface area contributed by atoms with E-state index in [-0.39, 0.29) is 5.91 Å². The first-order valence-electron chi connectivity index (χ1n) is 6.79. The minimum atomic E-state index is -0.159. The summed E-state index contributed by atoms with van der Waals surface area (Å²) in [5, 5.41) is 2.85. The van der Waals surface area contributed by atoms with Crippen LogP contribution in [0.3, 0.4) is 0 Å². The molecule has 0 radical (unpaired) electrons. The summed E-state index contributed by atoms with van der Waals surface area (Å²) in [4.78, 5) is 12.2. The summed E-state index contributed by atoms with van der Waals surface area (Å²) in [6.45, 7) is 2.08. The second-order valence-electron chi connectivity index (χ2n) is 4.61. The third kappa shape index (κ3) is 3.75. The van der Waals surface area contributed by atoms with E-state index < -0.39 is 0 Å². The van der Waals surface area contributed by atoms with Crippen molar-refractivity contribution in [3.8, 4) is 11.5 Å². The van der Waals surface area contributed by atoms with E-state index in [2.05, 4.69) is 12.2 Å². The van der Waals surface area contributed by atoms with E-state index in [1.54, 1.807) is 32.4 Å². The van der Waals surface area contributed by atoms with Gasteiger partial charge >= 0.3 is 0 Å². The van der Waals surface area contributed by atoms with Gasteiger partial charge in [0.05, 0.1) is 14.2 Å². The molecule has 0 atom stereocenters. The Morgan fingerprint density at radius 3 is 2.05 bits per heavy atom. The zero-order chi connectivity index (χ0) is 15.2. The number of methoxy groups -OCH3 is 2. The van der Waals surface area contributed by atoms with Crippen LogP contribution >= 0.6 is 0 Å². The van der Waals surface area contributed by atoms with Crippen LogP contribution in [0.15, 0.2) is 42.5 Å². The molecule has 0 bridgehead atoms. The van der Waals surface area contributed by atoms with Crippen molar-refractivity contribution in [1.29, 1.82) is 0 Å². The Morgan fingerprint density at radius 2 is 1.57 bits per heavy atom. The lowest BCUT2D eigenvalue weighted by atomic mass is 10.1. The number of benzene rings is 2. The largest absolute Gasteiger partial charge is 0.497 e. The van der Waals surface area contributed by atoms with E-state index in [0.717, 1.165) is 6.42 Å². The molecule has 0 unspecified atom stereocenters. The highest BCUT2D eigenvalue weighted by molar-refractivity contribution is 6.04. The fraction of sp³-hybridized carbons (Fsp3) is 0.235. The molecule has 0 saturated heterocycles. The van der Waals surface area contributed by atoms with Crippen LogP contribution in [-0.4, -0.2) is 20.1 Å². The van der Waals surface area contributed by atoms with Crippen molar-refractivity contribution in [2.75, 3.05) is 19.5 Å². The number of amides is 1. The van der Waals surface area contributed by atoms with E-state index in [1.165, 1.54) is 5.56 Å². The first-order valence-corrected chi connectivity index (χ1v) is 6.79. The van der Waals surface area contributed by atoms with Gasteiger partial charge in [-0.15, -0.1) is 0 Å². The van der Waals surface area contributed by atoms with Gasteiger partial charge in [0, 0.05) is 29.4 Å². The molecule has 2 rings (SSSR count). The Morgan fingerprint density at radius 1 is 1.00 bits per heavy atom. The summed E-state index contributed by atoms with van der Waals surface area (Å²) < 4.78 is 10.4. The number of hydrogen-bond acceptors (Lipinski definition) is 3. The maximum atomic E-state index is 12.2. The molecule has 0 aliphatic rings. The van der Waals surface area contributed by atoms with E-state index >= 15 is 0 Å². The highest BCUT2D eigenvalue weighted by Gasteiger charge is 2.08. The van der Waals surface area contributed by atoms with E-state index in [4.69, 9.17) is 9.47 Å². The van der Waals surface area contributed by atoms with Gasteiger partial charge in [0.15, 0.2) is 0 Å². The summed E-state index contributed by atoms with van der Waals surface area (Å²) >= 11 is 0. The van der Waals surface area contributed by atoms with Crippen molar-refractivity contribution in [2.24, 2.45) is 0 Å². The molecule has 1 amide bonds. The Labute approximate surface area is 124 Å². The number of hydrogen-bond donors (Lipinski definition) is 1. The molecule has 0 aromatic heterocycles. The highest BCUT2D eigenvalue weighted by Crippen LogP contribution is 2.26. The number of carbonyl (C=O) groups excluding carboxylic acids is 1. The predicted molar refractivity (Wildman–Crippen MR) is 83.3 cm³/mol. The first kappa shape index (κ1) is 14.9. The second-order valence-corrected chi connectivity index (χ2v) is 4.61. The zero-order valence-electron chi connectivity index (χ0n) is 12.5. The lowest BCUT2D eigenvalue weighted by Gasteiger charge is -2.10. The molecule has 0 spiro atoms. The molecule has 21 heavy (non-hydrogen) atoms. The van der Waals surface area contributed by atoms with Crippen molar-refractivity contribution in [1.82, 2.24) is 0 Å².